The number of nitrogens with one attached hydrogen (secondary N) is 1. The minimum Gasteiger partial charge on any atom is -0.396 e. The Balaban J connectivity index is 2.00. The number of primary amides is 1. The molecule has 0 fully saturated rings. The van der Waals surface area contributed by atoms with Gasteiger partial charge in [-0.3, -0.25) is 4.79 Å². The summed E-state index contributed by atoms with van der Waals surface area (Å²) in [5.41, 5.74) is 7.95. The van der Waals surface area contributed by atoms with E-state index in [1.165, 1.54) is 0 Å². The topological polar surface area (TPSA) is 75.4 Å². The van der Waals surface area contributed by atoms with Crippen molar-refractivity contribution in [2.24, 2.45) is 5.73 Å². The summed E-state index contributed by atoms with van der Waals surface area (Å²) in [6.45, 7) is 0.797. The summed E-state index contributed by atoms with van der Waals surface area (Å²) in [6.07, 6.45) is 0.656. The van der Waals surface area contributed by atoms with E-state index in [1.54, 1.807) is 12.1 Å². The van der Waals surface area contributed by atoms with Crippen LogP contribution in [0.1, 0.15) is 33.9 Å². The molecule has 110 valence electrons. The summed E-state index contributed by atoms with van der Waals surface area (Å²) in [6, 6.07) is 17.4. The van der Waals surface area contributed by atoms with Crippen molar-refractivity contribution in [3.63, 3.8) is 0 Å². The molecule has 4 N–H and O–H groups in total. The molecule has 0 aliphatic carbocycles. The third kappa shape index (κ3) is 4.41. The fourth-order valence-corrected chi connectivity index (χ4v) is 2.23. The lowest BCUT2D eigenvalue weighted by Gasteiger charge is -2.18. The smallest absolute Gasteiger partial charge is 0.248 e. The lowest BCUT2D eigenvalue weighted by molar-refractivity contribution is 0.100. The Morgan fingerprint density at radius 1 is 1.10 bits per heavy atom. The highest BCUT2D eigenvalue weighted by molar-refractivity contribution is 5.92. The van der Waals surface area contributed by atoms with Crippen molar-refractivity contribution in [2.75, 3.05) is 6.61 Å². The maximum Gasteiger partial charge on any atom is 0.248 e. The number of benzene rings is 2. The number of carbonyl (C=O) groups excluding carboxylic acids is 1. The summed E-state index contributed by atoms with van der Waals surface area (Å²) < 4.78 is 0. The first-order valence-corrected chi connectivity index (χ1v) is 6.98. The second-order valence-electron chi connectivity index (χ2n) is 4.92. The minimum absolute atomic E-state index is 0.104. The van der Waals surface area contributed by atoms with Crippen LogP contribution in [0.25, 0.3) is 0 Å². The molecule has 0 saturated heterocycles. The molecule has 2 rings (SSSR count). The summed E-state index contributed by atoms with van der Waals surface area (Å²) in [5.74, 6) is -0.419. The number of hydrogen-bond acceptors (Lipinski definition) is 3. The van der Waals surface area contributed by atoms with E-state index in [0.29, 0.717) is 18.5 Å². The SMILES string of the molecule is NC(=O)c1ccc(CNC(CCO)c2ccccc2)cc1. The highest BCUT2D eigenvalue weighted by atomic mass is 16.3. The lowest BCUT2D eigenvalue weighted by atomic mass is 10.0. The first kappa shape index (κ1) is 15.2. The van der Waals surface area contributed by atoms with Crippen molar-refractivity contribution in [1.82, 2.24) is 5.32 Å². The molecule has 0 aliphatic rings. The number of amides is 1. The normalized spacial score (nSPS) is 12.0. The molecule has 1 amide bonds. The first-order chi connectivity index (χ1) is 10.2. The molecule has 0 bridgehead atoms. The maximum atomic E-state index is 11.0. The van der Waals surface area contributed by atoms with Gasteiger partial charge in [0.1, 0.15) is 0 Å². The minimum atomic E-state index is -0.419. The van der Waals surface area contributed by atoms with Gasteiger partial charge in [-0.1, -0.05) is 42.5 Å². The lowest BCUT2D eigenvalue weighted by Crippen LogP contribution is -2.22. The van der Waals surface area contributed by atoms with E-state index in [-0.39, 0.29) is 12.6 Å². The molecule has 1 atom stereocenters. The average Bonchev–Trinajstić information content (AvgIpc) is 2.52. The summed E-state index contributed by atoms with van der Waals surface area (Å²) in [5, 5.41) is 12.6. The van der Waals surface area contributed by atoms with Gasteiger partial charge in [0.05, 0.1) is 0 Å². The number of aliphatic hydroxyl groups is 1. The van der Waals surface area contributed by atoms with E-state index in [1.807, 2.05) is 42.5 Å². The molecule has 0 heterocycles. The zero-order valence-corrected chi connectivity index (χ0v) is 11.8. The van der Waals surface area contributed by atoms with Gasteiger partial charge in [-0.2, -0.15) is 0 Å². The fraction of sp³-hybridized carbons (Fsp3) is 0.235. The second kappa shape index (κ2) is 7.57. The van der Waals surface area contributed by atoms with E-state index >= 15 is 0 Å². The van der Waals surface area contributed by atoms with Crippen molar-refractivity contribution < 1.29 is 9.90 Å². The molecule has 2 aromatic carbocycles. The number of nitrogens with two attached hydrogens (primary N) is 1. The van der Waals surface area contributed by atoms with E-state index in [4.69, 9.17) is 5.73 Å². The zero-order chi connectivity index (χ0) is 15.1. The summed E-state index contributed by atoms with van der Waals surface area (Å²) >= 11 is 0. The second-order valence-corrected chi connectivity index (χ2v) is 4.92. The van der Waals surface area contributed by atoms with Crippen LogP contribution in [-0.4, -0.2) is 17.6 Å². The molecule has 4 heteroatoms. The van der Waals surface area contributed by atoms with Crippen molar-refractivity contribution in [3.8, 4) is 0 Å². The van der Waals surface area contributed by atoms with Crippen LogP contribution in [-0.2, 0) is 6.54 Å². The highest BCUT2D eigenvalue weighted by Gasteiger charge is 2.10. The Hall–Kier alpha value is -2.17. The predicted molar refractivity (Wildman–Crippen MR) is 82.7 cm³/mol. The number of aliphatic hydroxyl groups excluding tert-OH is 1. The Morgan fingerprint density at radius 3 is 2.33 bits per heavy atom. The van der Waals surface area contributed by atoms with Crippen molar-refractivity contribution in [3.05, 3.63) is 71.3 Å². The van der Waals surface area contributed by atoms with Crippen LogP contribution in [0.4, 0.5) is 0 Å². The van der Waals surface area contributed by atoms with Gasteiger partial charge in [-0.25, -0.2) is 0 Å². The Bertz CT molecular complexity index is 567. The Kier molecular flexibility index (Phi) is 5.49. The van der Waals surface area contributed by atoms with Gasteiger partial charge in [0, 0.05) is 24.8 Å². The first-order valence-electron chi connectivity index (χ1n) is 6.98. The molecule has 2 aromatic rings. The molecular weight excluding hydrogens is 264 g/mol. The van der Waals surface area contributed by atoms with Gasteiger partial charge in [0.15, 0.2) is 0 Å². The maximum absolute atomic E-state index is 11.0. The van der Waals surface area contributed by atoms with Crippen molar-refractivity contribution in [1.29, 1.82) is 0 Å². The van der Waals surface area contributed by atoms with Crippen LogP contribution in [0.3, 0.4) is 0 Å². The molecule has 0 aromatic heterocycles. The van der Waals surface area contributed by atoms with E-state index in [9.17, 15) is 9.90 Å². The quantitative estimate of drug-likeness (QED) is 0.728. The zero-order valence-electron chi connectivity index (χ0n) is 11.8. The van der Waals surface area contributed by atoms with Gasteiger partial charge in [0.25, 0.3) is 0 Å². The molecule has 0 radical (unpaired) electrons. The molecule has 1 unspecified atom stereocenters. The van der Waals surface area contributed by atoms with Crippen LogP contribution in [0.15, 0.2) is 54.6 Å². The van der Waals surface area contributed by atoms with E-state index in [2.05, 4.69) is 5.32 Å². The van der Waals surface area contributed by atoms with Gasteiger partial charge in [-0.15, -0.1) is 0 Å². The number of carbonyl (C=O) groups is 1. The van der Waals surface area contributed by atoms with Crippen LogP contribution in [0, 0.1) is 0 Å². The van der Waals surface area contributed by atoms with Gasteiger partial charge in [-0.05, 0) is 29.7 Å². The summed E-state index contributed by atoms with van der Waals surface area (Å²) in [7, 11) is 0. The Morgan fingerprint density at radius 2 is 1.76 bits per heavy atom. The number of hydrogen-bond donors (Lipinski definition) is 3. The summed E-state index contributed by atoms with van der Waals surface area (Å²) in [4.78, 5) is 11.0. The van der Waals surface area contributed by atoms with Crippen LogP contribution in [0.5, 0.6) is 0 Å². The fourth-order valence-electron chi connectivity index (χ4n) is 2.23. The van der Waals surface area contributed by atoms with E-state index < -0.39 is 5.91 Å². The van der Waals surface area contributed by atoms with Gasteiger partial charge >= 0.3 is 0 Å². The monoisotopic (exact) mass is 284 g/mol. The molecule has 0 saturated carbocycles. The predicted octanol–water partition coefficient (Wildman–Crippen LogP) is 2.00. The highest BCUT2D eigenvalue weighted by Crippen LogP contribution is 2.17. The van der Waals surface area contributed by atoms with Crippen LogP contribution in [0.2, 0.25) is 0 Å². The molecule has 21 heavy (non-hydrogen) atoms. The molecule has 4 nitrogen and oxygen atoms in total. The van der Waals surface area contributed by atoms with E-state index in [0.717, 1.165) is 11.1 Å². The largest absolute Gasteiger partial charge is 0.396 e. The third-order valence-electron chi connectivity index (χ3n) is 3.41. The van der Waals surface area contributed by atoms with Gasteiger partial charge < -0.3 is 16.2 Å². The van der Waals surface area contributed by atoms with Crippen molar-refractivity contribution >= 4 is 5.91 Å². The molecule has 0 spiro atoms. The average molecular weight is 284 g/mol. The van der Waals surface area contributed by atoms with Crippen LogP contribution >= 0.6 is 0 Å². The standard InChI is InChI=1S/C17H20N2O2/c18-17(21)15-8-6-13(7-9-15)12-19-16(10-11-20)14-4-2-1-3-5-14/h1-9,16,19-20H,10-12H2,(H2,18,21). The third-order valence-corrected chi connectivity index (χ3v) is 3.41. The number of rotatable bonds is 7. The van der Waals surface area contributed by atoms with Crippen LogP contribution < -0.4 is 11.1 Å². The van der Waals surface area contributed by atoms with Crippen molar-refractivity contribution in [2.45, 2.75) is 19.0 Å². The molecule has 0 aliphatic heterocycles. The Labute approximate surface area is 124 Å². The van der Waals surface area contributed by atoms with Gasteiger partial charge in [0.2, 0.25) is 5.91 Å². The molecular formula is C17H20N2O2.